The lowest BCUT2D eigenvalue weighted by Crippen LogP contribution is -2.55. The average Bonchev–Trinajstić information content (AvgIpc) is 3.14. The van der Waals surface area contributed by atoms with E-state index in [9.17, 15) is 9.59 Å². The van der Waals surface area contributed by atoms with Crippen molar-refractivity contribution in [3.05, 3.63) is 0 Å². The lowest BCUT2D eigenvalue weighted by molar-refractivity contribution is -0.133. The Morgan fingerprint density at radius 2 is 1.57 bits per heavy atom. The van der Waals surface area contributed by atoms with Gasteiger partial charge in [0.15, 0.2) is 0 Å². The Morgan fingerprint density at radius 1 is 0.957 bits per heavy atom. The number of amides is 3. The van der Waals surface area contributed by atoms with Gasteiger partial charge in [0.2, 0.25) is 0 Å². The number of aliphatic hydroxyl groups excluding tert-OH is 1. The van der Waals surface area contributed by atoms with Crippen LogP contribution in [0.4, 0.5) is 4.79 Å². The summed E-state index contributed by atoms with van der Waals surface area (Å²) < 4.78 is 0. The molecule has 130 valence electrons. The summed E-state index contributed by atoms with van der Waals surface area (Å²) in [5, 5.41) is 11.8. The maximum atomic E-state index is 12.6. The first-order valence-corrected chi connectivity index (χ1v) is 8.84. The van der Waals surface area contributed by atoms with Crippen molar-refractivity contribution in [1.82, 2.24) is 20.0 Å². The first-order valence-electron chi connectivity index (χ1n) is 8.84. The summed E-state index contributed by atoms with van der Waals surface area (Å²) in [6.07, 6.45) is 4.44. The molecule has 0 aliphatic carbocycles. The van der Waals surface area contributed by atoms with Crippen LogP contribution in [-0.4, -0.2) is 89.7 Å². The molecule has 0 radical (unpaired) electrons. The van der Waals surface area contributed by atoms with Gasteiger partial charge >= 0.3 is 6.03 Å². The van der Waals surface area contributed by atoms with E-state index < -0.39 is 5.54 Å². The maximum Gasteiger partial charge on any atom is 0.325 e. The van der Waals surface area contributed by atoms with Crippen LogP contribution in [0.1, 0.15) is 32.1 Å². The molecule has 0 aromatic rings. The van der Waals surface area contributed by atoms with Gasteiger partial charge in [0, 0.05) is 39.3 Å². The standard InChI is InChI=1S/C16H28N4O3/c21-13-3-8-20-14(22)16(17-15(20)23)4-9-19(10-5-16)12-11-18-6-1-2-7-18/h21H,1-13H2,(H,17,23). The third-order valence-electron chi connectivity index (χ3n) is 5.43. The molecule has 1 spiro atoms. The number of carbonyl (C=O) groups excluding carboxylic acids is 2. The van der Waals surface area contributed by atoms with Gasteiger partial charge in [-0.3, -0.25) is 9.69 Å². The fraction of sp³-hybridized carbons (Fsp3) is 0.875. The Morgan fingerprint density at radius 3 is 2.17 bits per heavy atom. The van der Waals surface area contributed by atoms with Gasteiger partial charge in [0.25, 0.3) is 5.91 Å². The number of nitrogens with one attached hydrogen (secondary N) is 1. The van der Waals surface area contributed by atoms with E-state index in [1.165, 1.54) is 30.8 Å². The number of rotatable bonds is 6. The lowest BCUT2D eigenvalue weighted by Gasteiger charge is -2.37. The number of nitrogens with zero attached hydrogens (tertiary/aromatic N) is 3. The number of likely N-dealkylation sites (tertiary alicyclic amines) is 2. The Bertz CT molecular complexity index is 443. The Kier molecular flexibility index (Phi) is 5.18. The van der Waals surface area contributed by atoms with Gasteiger partial charge in [0.1, 0.15) is 5.54 Å². The van der Waals surface area contributed by atoms with Gasteiger partial charge in [-0.2, -0.15) is 0 Å². The molecule has 0 aromatic carbocycles. The molecule has 23 heavy (non-hydrogen) atoms. The summed E-state index contributed by atoms with van der Waals surface area (Å²) in [7, 11) is 0. The summed E-state index contributed by atoms with van der Waals surface area (Å²) in [6.45, 7) is 6.60. The second-order valence-electron chi connectivity index (χ2n) is 6.94. The first-order chi connectivity index (χ1) is 11.1. The molecular weight excluding hydrogens is 296 g/mol. The first kappa shape index (κ1) is 16.7. The number of carbonyl (C=O) groups is 2. The van der Waals surface area contributed by atoms with E-state index in [0.717, 1.165) is 26.2 Å². The molecule has 0 aromatic heterocycles. The molecule has 0 unspecified atom stereocenters. The minimum atomic E-state index is -0.698. The predicted octanol–water partition coefficient (Wildman–Crippen LogP) is -0.149. The number of hydrogen-bond donors (Lipinski definition) is 2. The molecular formula is C16H28N4O3. The predicted molar refractivity (Wildman–Crippen MR) is 86.0 cm³/mol. The second kappa shape index (κ2) is 7.15. The second-order valence-corrected chi connectivity index (χ2v) is 6.94. The van der Waals surface area contributed by atoms with E-state index in [4.69, 9.17) is 5.11 Å². The molecule has 3 fully saturated rings. The number of hydrogen-bond acceptors (Lipinski definition) is 5. The molecule has 3 aliphatic rings. The van der Waals surface area contributed by atoms with E-state index in [0.29, 0.717) is 25.8 Å². The average molecular weight is 324 g/mol. The highest BCUT2D eigenvalue weighted by atomic mass is 16.3. The van der Waals surface area contributed by atoms with Gasteiger partial charge < -0.3 is 20.2 Å². The molecule has 3 rings (SSSR count). The van der Waals surface area contributed by atoms with Crippen LogP contribution < -0.4 is 5.32 Å². The minimum absolute atomic E-state index is 0.00562. The van der Waals surface area contributed by atoms with Gasteiger partial charge in [0.05, 0.1) is 0 Å². The third kappa shape index (κ3) is 3.51. The monoisotopic (exact) mass is 324 g/mol. The van der Waals surface area contributed by atoms with Crippen LogP contribution in [0.3, 0.4) is 0 Å². The van der Waals surface area contributed by atoms with Gasteiger partial charge in [-0.15, -0.1) is 0 Å². The van der Waals surface area contributed by atoms with E-state index in [-0.39, 0.29) is 18.5 Å². The van der Waals surface area contributed by atoms with Crippen molar-refractivity contribution in [3.63, 3.8) is 0 Å². The van der Waals surface area contributed by atoms with Gasteiger partial charge in [-0.05, 0) is 45.2 Å². The number of aliphatic hydroxyl groups is 1. The molecule has 0 atom stereocenters. The van der Waals surface area contributed by atoms with Crippen LogP contribution in [0.15, 0.2) is 0 Å². The van der Waals surface area contributed by atoms with E-state index >= 15 is 0 Å². The summed E-state index contributed by atoms with van der Waals surface area (Å²) in [6, 6.07) is -0.297. The molecule has 0 bridgehead atoms. The highest BCUT2D eigenvalue weighted by Gasteiger charge is 2.51. The molecule has 7 nitrogen and oxygen atoms in total. The quantitative estimate of drug-likeness (QED) is 0.665. The number of piperidine rings is 1. The molecule has 2 N–H and O–H groups in total. The van der Waals surface area contributed by atoms with Crippen LogP contribution in [0.2, 0.25) is 0 Å². The highest BCUT2D eigenvalue weighted by Crippen LogP contribution is 2.29. The Hall–Kier alpha value is -1.18. The van der Waals surface area contributed by atoms with Crippen LogP contribution >= 0.6 is 0 Å². The highest BCUT2D eigenvalue weighted by molar-refractivity contribution is 6.07. The molecule has 0 saturated carbocycles. The maximum absolute atomic E-state index is 12.6. The molecule has 7 heteroatoms. The Balaban J connectivity index is 1.49. The van der Waals surface area contributed by atoms with Crippen molar-refractivity contribution in [2.24, 2.45) is 0 Å². The summed E-state index contributed by atoms with van der Waals surface area (Å²) in [4.78, 5) is 30.8. The van der Waals surface area contributed by atoms with Crippen molar-refractivity contribution in [2.75, 3.05) is 52.4 Å². The fourth-order valence-electron chi connectivity index (χ4n) is 3.89. The third-order valence-corrected chi connectivity index (χ3v) is 5.43. The number of imide groups is 1. The van der Waals surface area contributed by atoms with Crippen molar-refractivity contribution >= 4 is 11.9 Å². The zero-order valence-electron chi connectivity index (χ0n) is 13.8. The van der Waals surface area contributed by atoms with Crippen molar-refractivity contribution in [3.8, 4) is 0 Å². The Labute approximate surface area is 137 Å². The van der Waals surface area contributed by atoms with Crippen LogP contribution in [0.25, 0.3) is 0 Å². The van der Waals surface area contributed by atoms with Gasteiger partial charge in [-0.1, -0.05) is 0 Å². The lowest BCUT2D eigenvalue weighted by atomic mass is 9.87. The van der Waals surface area contributed by atoms with Crippen LogP contribution in [-0.2, 0) is 4.79 Å². The van der Waals surface area contributed by atoms with E-state index in [2.05, 4.69) is 15.1 Å². The summed E-state index contributed by atoms with van der Waals surface area (Å²) in [5.41, 5.74) is -0.698. The zero-order chi connectivity index (χ0) is 16.3. The van der Waals surface area contributed by atoms with E-state index in [1.807, 2.05) is 0 Å². The normalized spacial score (nSPS) is 25.5. The molecule has 3 amide bonds. The minimum Gasteiger partial charge on any atom is -0.396 e. The fourth-order valence-corrected chi connectivity index (χ4v) is 3.89. The van der Waals surface area contributed by atoms with E-state index in [1.54, 1.807) is 0 Å². The number of urea groups is 1. The topological polar surface area (TPSA) is 76.1 Å². The summed E-state index contributed by atoms with van der Waals surface area (Å²) >= 11 is 0. The SMILES string of the molecule is O=C1NC2(CCN(CCN3CCCC3)CC2)C(=O)N1CCCO. The van der Waals surface area contributed by atoms with Crippen LogP contribution in [0.5, 0.6) is 0 Å². The largest absolute Gasteiger partial charge is 0.396 e. The van der Waals surface area contributed by atoms with Crippen LogP contribution in [0, 0.1) is 0 Å². The zero-order valence-corrected chi connectivity index (χ0v) is 13.8. The molecule has 3 aliphatic heterocycles. The molecule has 3 saturated heterocycles. The van der Waals surface area contributed by atoms with Crippen molar-refractivity contribution in [2.45, 2.75) is 37.6 Å². The molecule has 3 heterocycles. The van der Waals surface area contributed by atoms with Crippen molar-refractivity contribution in [1.29, 1.82) is 0 Å². The van der Waals surface area contributed by atoms with Gasteiger partial charge in [-0.25, -0.2) is 4.79 Å². The smallest absolute Gasteiger partial charge is 0.325 e. The van der Waals surface area contributed by atoms with Crippen molar-refractivity contribution < 1.29 is 14.7 Å². The summed E-state index contributed by atoms with van der Waals surface area (Å²) in [5.74, 6) is -0.102.